The Morgan fingerprint density at radius 2 is 1.94 bits per heavy atom. The molecular weight excluding hydrogens is 515 g/mol. The van der Waals surface area contributed by atoms with Crippen molar-refractivity contribution in [3.8, 4) is 17.3 Å². The van der Waals surface area contributed by atoms with Crippen LogP contribution in [-0.4, -0.2) is 20.2 Å². The molecule has 0 saturated carbocycles. The molecule has 2 atom stereocenters. The standard InChI is InChI=1S/C24H21F2N5OS.2ClH/c1-3-22-28-14-31(30-22)13-24(32,19-9-8-18(25)10-20(19)26)15(2)23-29-21(12-33-23)17-6-4-16(11-27)5-7-17;;/h4-10,12,14-15,32H,3,13H2,1-2H3;2*1H/t15-,24+;;/m0../s1. The van der Waals surface area contributed by atoms with Crippen molar-refractivity contribution in [2.75, 3.05) is 0 Å². The van der Waals surface area contributed by atoms with E-state index in [0.29, 0.717) is 22.7 Å². The van der Waals surface area contributed by atoms with E-state index in [2.05, 4.69) is 21.1 Å². The van der Waals surface area contributed by atoms with Crippen LogP contribution in [0.15, 0.2) is 54.2 Å². The zero-order chi connectivity index (χ0) is 23.6. The highest BCUT2D eigenvalue weighted by molar-refractivity contribution is 7.10. The van der Waals surface area contributed by atoms with Gasteiger partial charge in [0.1, 0.15) is 23.8 Å². The van der Waals surface area contributed by atoms with Gasteiger partial charge in [0.25, 0.3) is 5.82 Å². The number of aryl methyl sites for hydroxylation is 1. The second-order valence-corrected chi connectivity index (χ2v) is 8.70. The topological polar surface area (TPSA) is 89.5 Å². The van der Waals surface area contributed by atoms with E-state index in [1.54, 1.807) is 42.2 Å². The number of thiazole rings is 1. The predicted molar refractivity (Wildman–Crippen MR) is 126 cm³/mol. The maximum absolute atomic E-state index is 14.9. The van der Waals surface area contributed by atoms with Crippen LogP contribution < -0.4 is 17.1 Å². The Morgan fingerprint density at radius 1 is 1.23 bits per heavy atom. The summed E-state index contributed by atoms with van der Waals surface area (Å²) in [5.41, 5.74) is 0.310. The van der Waals surface area contributed by atoms with Crippen molar-refractivity contribution in [1.29, 1.82) is 5.26 Å². The highest BCUT2D eigenvalue weighted by Gasteiger charge is 2.43. The lowest BCUT2D eigenvalue weighted by Crippen LogP contribution is -3.00. The van der Waals surface area contributed by atoms with Crippen LogP contribution in [0, 0.1) is 23.0 Å². The molecule has 11 heteroatoms. The van der Waals surface area contributed by atoms with E-state index in [1.807, 2.05) is 12.3 Å². The summed E-state index contributed by atoms with van der Waals surface area (Å²) in [5.74, 6) is -1.45. The van der Waals surface area contributed by atoms with E-state index in [1.165, 1.54) is 17.4 Å². The molecule has 0 radical (unpaired) electrons. The Bertz CT molecular complexity index is 1320. The molecule has 0 fully saturated rings. The number of H-pyrrole nitrogens is 1. The molecule has 0 bridgehead atoms. The summed E-state index contributed by atoms with van der Waals surface area (Å²) in [5, 5.41) is 26.4. The van der Waals surface area contributed by atoms with Crippen molar-refractivity contribution >= 4 is 23.7 Å². The maximum Gasteiger partial charge on any atom is 0.307 e. The minimum absolute atomic E-state index is 0. The van der Waals surface area contributed by atoms with Gasteiger partial charge in [0.05, 0.1) is 22.3 Å². The van der Waals surface area contributed by atoms with Gasteiger partial charge < -0.3 is 17.5 Å². The summed E-state index contributed by atoms with van der Waals surface area (Å²) in [6.45, 7) is 3.68. The van der Waals surface area contributed by atoms with Crippen LogP contribution in [-0.2, 0) is 18.6 Å². The molecule has 2 aromatic carbocycles. The maximum atomic E-state index is 14.9. The number of aromatic nitrogens is 4. The lowest BCUT2D eigenvalue weighted by atomic mass is 9.82. The van der Waals surface area contributed by atoms with E-state index in [4.69, 9.17) is 5.26 Å². The summed E-state index contributed by atoms with van der Waals surface area (Å²) in [7, 11) is 0. The number of nitrogens with zero attached hydrogens (tertiary/aromatic N) is 4. The van der Waals surface area contributed by atoms with E-state index in [9.17, 15) is 13.9 Å². The molecule has 184 valence electrons. The molecule has 4 rings (SSSR count). The van der Waals surface area contributed by atoms with Gasteiger partial charge in [0, 0.05) is 34.9 Å². The van der Waals surface area contributed by atoms with Crippen molar-refractivity contribution in [1.82, 2.24) is 15.1 Å². The first-order valence-electron chi connectivity index (χ1n) is 10.4. The van der Waals surface area contributed by atoms with Gasteiger partial charge in [-0.15, -0.1) is 23.7 Å². The fraction of sp³-hybridized carbons (Fsp3) is 0.250. The lowest BCUT2D eigenvalue weighted by molar-refractivity contribution is -0.765. The van der Waals surface area contributed by atoms with Crippen LogP contribution >= 0.6 is 23.7 Å². The van der Waals surface area contributed by atoms with Gasteiger partial charge in [-0.05, 0) is 23.2 Å². The summed E-state index contributed by atoms with van der Waals surface area (Å²) in [6, 6.07) is 12.3. The Labute approximate surface area is 218 Å². The molecule has 2 aromatic heterocycles. The van der Waals surface area contributed by atoms with Gasteiger partial charge >= 0.3 is 6.33 Å². The van der Waals surface area contributed by atoms with Crippen LogP contribution in [0.4, 0.5) is 8.78 Å². The molecule has 2 N–H and O–H groups in total. The number of aromatic amines is 1. The van der Waals surface area contributed by atoms with Gasteiger partial charge in [-0.3, -0.25) is 0 Å². The number of hydrogen-bond acceptors (Lipinski definition) is 5. The van der Waals surface area contributed by atoms with E-state index in [-0.39, 0.29) is 36.9 Å². The normalized spacial score (nSPS) is 13.1. The third-order valence-corrected chi connectivity index (χ3v) is 6.72. The molecule has 0 saturated heterocycles. The molecule has 0 aliphatic carbocycles. The fourth-order valence-electron chi connectivity index (χ4n) is 3.71. The van der Waals surface area contributed by atoms with Crippen molar-refractivity contribution < 1.29 is 31.0 Å². The second-order valence-electron chi connectivity index (χ2n) is 7.81. The largest absolute Gasteiger partial charge is 1.00 e. The van der Waals surface area contributed by atoms with Gasteiger partial charge in [0.2, 0.25) is 0 Å². The van der Waals surface area contributed by atoms with Crippen molar-refractivity contribution in [2.45, 2.75) is 38.3 Å². The molecular formula is C24H23Cl2F2N5OS. The van der Waals surface area contributed by atoms with Gasteiger partial charge in [-0.2, -0.15) is 15.0 Å². The van der Waals surface area contributed by atoms with Gasteiger partial charge in [-0.1, -0.05) is 32.0 Å². The SMILES string of the molecule is CCc1nc[n+](C[C@](O)(c2ccc(F)cc2F)[C@@H](C)c2nc(-c3ccc(C#N)cc3)cs2)[nH]1.Cl.[Cl-]. The Balaban J connectivity index is 0.00000216. The van der Waals surface area contributed by atoms with Crippen LogP contribution in [0.5, 0.6) is 0 Å². The minimum atomic E-state index is -1.74. The number of halogens is 4. The van der Waals surface area contributed by atoms with Gasteiger partial charge in [-0.25, -0.2) is 13.8 Å². The Hall–Kier alpha value is -2.90. The van der Waals surface area contributed by atoms with Crippen LogP contribution in [0.1, 0.15) is 41.7 Å². The lowest BCUT2D eigenvalue weighted by Gasteiger charge is -2.32. The van der Waals surface area contributed by atoms with Gasteiger partial charge in [0.15, 0.2) is 0 Å². The number of hydrogen-bond donors (Lipinski definition) is 2. The molecule has 0 spiro atoms. The fourth-order valence-corrected chi connectivity index (χ4v) is 4.68. The zero-order valence-electron chi connectivity index (χ0n) is 18.9. The summed E-state index contributed by atoms with van der Waals surface area (Å²) < 4.78 is 30.1. The number of nitriles is 1. The average Bonchev–Trinajstić information content (AvgIpc) is 3.48. The summed E-state index contributed by atoms with van der Waals surface area (Å²) >= 11 is 1.35. The van der Waals surface area contributed by atoms with Crippen molar-refractivity contribution in [3.05, 3.63) is 87.8 Å². The van der Waals surface area contributed by atoms with Crippen LogP contribution in [0.3, 0.4) is 0 Å². The second kappa shape index (κ2) is 11.7. The Morgan fingerprint density at radius 3 is 2.54 bits per heavy atom. The van der Waals surface area contributed by atoms with Crippen molar-refractivity contribution in [2.24, 2.45) is 0 Å². The first kappa shape index (κ1) is 28.3. The highest BCUT2D eigenvalue weighted by atomic mass is 35.5. The first-order chi connectivity index (χ1) is 15.8. The number of aliphatic hydroxyl groups is 1. The number of rotatable bonds is 7. The van der Waals surface area contributed by atoms with Crippen LogP contribution in [0.2, 0.25) is 0 Å². The van der Waals surface area contributed by atoms with Crippen molar-refractivity contribution in [3.63, 3.8) is 0 Å². The Kier molecular flexibility index (Phi) is 9.46. The molecule has 4 aromatic rings. The molecule has 6 nitrogen and oxygen atoms in total. The summed E-state index contributed by atoms with van der Waals surface area (Å²) in [4.78, 5) is 8.93. The minimum Gasteiger partial charge on any atom is -1.00 e. The average molecular weight is 538 g/mol. The smallest absolute Gasteiger partial charge is 0.307 e. The molecule has 0 amide bonds. The van der Waals surface area contributed by atoms with Crippen LogP contribution in [0.25, 0.3) is 11.3 Å². The summed E-state index contributed by atoms with van der Waals surface area (Å²) in [6.07, 6.45) is 2.22. The quantitative estimate of drug-likeness (QED) is 0.351. The van der Waals surface area contributed by atoms with E-state index < -0.39 is 23.2 Å². The zero-order valence-corrected chi connectivity index (χ0v) is 21.3. The highest BCUT2D eigenvalue weighted by Crippen LogP contribution is 2.40. The molecule has 0 aliphatic heterocycles. The third kappa shape index (κ3) is 5.85. The molecule has 0 unspecified atom stereocenters. The molecule has 35 heavy (non-hydrogen) atoms. The monoisotopic (exact) mass is 537 g/mol. The third-order valence-electron chi connectivity index (χ3n) is 5.69. The predicted octanol–water partition coefficient (Wildman–Crippen LogP) is 1.65. The first-order valence-corrected chi connectivity index (χ1v) is 11.3. The molecule has 2 heterocycles. The number of nitrogens with one attached hydrogen (secondary N) is 1. The van der Waals surface area contributed by atoms with E-state index in [0.717, 1.165) is 23.5 Å². The van der Waals surface area contributed by atoms with E-state index >= 15 is 0 Å². The number of benzene rings is 2. The molecule has 0 aliphatic rings.